The standard InChI is InChI=1S/C26H37NO5/c1-16-12-13-23(28)27(6)22(15-21-10-8-7-9-11-21)26(31)32-20(5)19(4)25(30)18(3)14-17(2)24(16)29/h7-14,16,18-20,22,24-25,29-30H,15H2,1-6H3/b13-12-,17-14-/t16-,18+,19+,20+,22+,24+,25-/m1/s1. The summed E-state index contributed by atoms with van der Waals surface area (Å²) in [6, 6.07) is 8.66. The zero-order chi connectivity index (χ0) is 24.0. The Morgan fingerprint density at radius 2 is 1.62 bits per heavy atom. The van der Waals surface area contributed by atoms with E-state index in [1.807, 2.05) is 64.1 Å². The van der Waals surface area contributed by atoms with Gasteiger partial charge in [-0.05, 0) is 31.1 Å². The number of amides is 1. The summed E-state index contributed by atoms with van der Waals surface area (Å²) in [6.07, 6.45) is 3.11. The lowest BCUT2D eigenvalue weighted by molar-refractivity contribution is -0.161. The molecule has 7 atom stereocenters. The molecule has 0 aliphatic carbocycles. The lowest BCUT2D eigenvalue weighted by Crippen LogP contribution is -2.46. The van der Waals surface area contributed by atoms with Gasteiger partial charge in [0.15, 0.2) is 0 Å². The summed E-state index contributed by atoms with van der Waals surface area (Å²) in [5, 5.41) is 21.5. The fourth-order valence-corrected chi connectivity index (χ4v) is 3.98. The van der Waals surface area contributed by atoms with Gasteiger partial charge in [-0.25, -0.2) is 4.79 Å². The van der Waals surface area contributed by atoms with E-state index in [4.69, 9.17) is 4.74 Å². The number of hydrogen-bond donors (Lipinski definition) is 2. The molecule has 0 bridgehead atoms. The number of rotatable bonds is 2. The second-order valence-electron chi connectivity index (χ2n) is 9.08. The smallest absolute Gasteiger partial charge is 0.329 e. The van der Waals surface area contributed by atoms with Crippen LogP contribution in [0.3, 0.4) is 0 Å². The molecule has 0 saturated carbocycles. The second-order valence-corrected chi connectivity index (χ2v) is 9.08. The van der Waals surface area contributed by atoms with Gasteiger partial charge in [0.1, 0.15) is 12.1 Å². The maximum Gasteiger partial charge on any atom is 0.329 e. The molecule has 0 fully saturated rings. The van der Waals surface area contributed by atoms with Crippen LogP contribution >= 0.6 is 0 Å². The number of hydrogen-bond acceptors (Lipinski definition) is 5. The molecule has 2 N–H and O–H groups in total. The van der Waals surface area contributed by atoms with Gasteiger partial charge < -0.3 is 19.8 Å². The van der Waals surface area contributed by atoms with Crippen LogP contribution in [-0.4, -0.2) is 58.4 Å². The average molecular weight is 444 g/mol. The van der Waals surface area contributed by atoms with Crippen molar-refractivity contribution in [1.82, 2.24) is 4.90 Å². The van der Waals surface area contributed by atoms with Gasteiger partial charge in [0.25, 0.3) is 0 Å². The quantitative estimate of drug-likeness (QED) is 0.542. The molecule has 1 amide bonds. The van der Waals surface area contributed by atoms with Gasteiger partial charge in [-0.1, -0.05) is 63.3 Å². The van der Waals surface area contributed by atoms with E-state index in [1.54, 1.807) is 20.0 Å². The van der Waals surface area contributed by atoms with E-state index in [-0.39, 0.29) is 23.7 Å². The highest BCUT2D eigenvalue weighted by molar-refractivity contribution is 5.91. The molecule has 0 unspecified atom stereocenters. The first-order chi connectivity index (χ1) is 15.0. The van der Waals surface area contributed by atoms with Crippen LogP contribution in [0.25, 0.3) is 0 Å². The molecule has 2 rings (SSSR count). The average Bonchev–Trinajstić information content (AvgIpc) is 2.78. The summed E-state index contributed by atoms with van der Waals surface area (Å²) in [4.78, 5) is 27.4. The normalized spacial score (nSPS) is 35.8. The van der Waals surface area contributed by atoms with Gasteiger partial charge in [-0.15, -0.1) is 0 Å². The van der Waals surface area contributed by atoms with E-state index >= 15 is 0 Å². The summed E-state index contributed by atoms with van der Waals surface area (Å²) in [5.74, 6) is -1.74. The van der Waals surface area contributed by atoms with Crippen molar-refractivity contribution >= 4 is 11.9 Å². The van der Waals surface area contributed by atoms with Crippen LogP contribution in [0, 0.1) is 17.8 Å². The summed E-state index contributed by atoms with van der Waals surface area (Å²) >= 11 is 0. The summed E-state index contributed by atoms with van der Waals surface area (Å²) in [5.41, 5.74) is 1.64. The Kier molecular flexibility index (Phi) is 9.22. The predicted octanol–water partition coefficient (Wildman–Crippen LogP) is 3.13. The van der Waals surface area contributed by atoms with Crippen molar-refractivity contribution in [1.29, 1.82) is 0 Å². The zero-order valence-corrected chi connectivity index (χ0v) is 19.9. The molecule has 6 nitrogen and oxygen atoms in total. The highest BCUT2D eigenvalue weighted by atomic mass is 16.5. The van der Waals surface area contributed by atoms with Crippen molar-refractivity contribution in [2.75, 3.05) is 7.05 Å². The van der Waals surface area contributed by atoms with Crippen LogP contribution in [0.5, 0.6) is 0 Å². The fraction of sp³-hybridized carbons (Fsp3) is 0.538. The molecule has 0 spiro atoms. The third-order valence-corrected chi connectivity index (χ3v) is 6.51. The molecule has 1 aliphatic rings. The van der Waals surface area contributed by atoms with Gasteiger partial charge in [-0.3, -0.25) is 4.79 Å². The van der Waals surface area contributed by atoms with E-state index in [0.29, 0.717) is 6.42 Å². The van der Waals surface area contributed by atoms with Gasteiger partial charge in [-0.2, -0.15) is 0 Å². The van der Waals surface area contributed by atoms with Crippen molar-refractivity contribution in [2.45, 2.75) is 65.4 Å². The van der Waals surface area contributed by atoms with Gasteiger partial charge in [0, 0.05) is 31.2 Å². The van der Waals surface area contributed by atoms with Crippen molar-refractivity contribution in [2.24, 2.45) is 17.8 Å². The van der Waals surface area contributed by atoms with E-state index < -0.39 is 30.3 Å². The van der Waals surface area contributed by atoms with Crippen LogP contribution in [0.15, 0.2) is 54.1 Å². The molecule has 1 aromatic rings. The van der Waals surface area contributed by atoms with Crippen LogP contribution in [0.2, 0.25) is 0 Å². The first-order valence-electron chi connectivity index (χ1n) is 11.3. The molecule has 0 aromatic heterocycles. The number of carbonyl (C=O) groups is 2. The number of esters is 1. The van der Waals surface area contributed by atoms with Crippen molar-refractivity contribution in [3.05, 3.63) is 59.7 Å². The molecule has 0 radical (unpaired) electrons. The maximum atomic E-state index is 13.2. The minimum atomic E-state index is -0.816. The summed E-state index contributed by atoms with van der Waals surface area (Å²) < 4.78 is 5.74. The Bertz CT molecular complexity index is 834. The van der Waals surface area contributed by atoms with E-state index in [2.05, 4.69) is 0 Å². The van der Waals surface area contributed by atoms with E-state index in [0.717, 1.165) is 11.1 Å². The molecule has 32 heavy (non-hydrogen) atoms. The third kappa shape index (κ3) is 6.53. The number of aliphatic hydroxyl groups is 2. The fourth-order valence-electron chi connectivity index (χ4n) is 3.98. The summed E-state index contributed by atoms with van der Waals surface area (Å²) in [6.45, 7) is 9.10. The monoisotopic (exact) mass is 443 g/mol. The zero-order valence-electron chi connectivity index (χ0n) is 19.9. The molecule has 176 valence electrons. The topological polar surface area (TPSA) is 87.1 Å². The molecule has 6 heteroatoms. The molecule has 1 heterocycles. The number of nitrogens with zero attached hydrogens (tertiary/aromatic N) is 1. The molecule has 0 saturated heterocycles. The number of carbonyl (C=O) groups excluding carboxylic acids is 2. The lowest BCUT2D eigenvalue weighted by Gasteiger charge is -2.31. The van der Waals surface area contributed by atoms with Crippen molar-refractivity contribution in [3.63, 3.8) is 0 Å². The lowest BCUT2D eigenvalue weighted by atomic mass is 9.87. The summed E-state index contributed by atoms with van der Waals surface area (Å²) in [7, 11) is 1.58. The SMILES string of the molecule is C/C1=C/[C@H](C)[C@@H](O)[C@@H](C)[C@H](C)OC(=O)[C@H](Cc2ccccc2)N(C)C(=O)/C=C\[C@@H](C)[C@@H]1O. The van der Waals surface area contributed by atoms with Gasteiger partial charge in [0.05, 0.1) is 12.2 Å². The van der Waals surface area contributed by atoms with Crippen molar-refractivity contribution < 1.29 is 24.5 Å². The van der Waals surface area contributed by atoms with Crippen molar-refractivity contribution in [3.8, 4) is 0 Å². The largest absolute Gasteiger partial charge is 0.461 e. The maximum absolute atomic E-state index is 13.2. The second kappa shape index (κ2) is 11.4. The highest BCUT2D eigenvalue weighted by Gasteiger charge is 2.33. The van der Waals surface area contributed by atoms with Crippen LogP contribution in [0.4, 0.5) is 0 Å². The molecular formula is C26H37NO5. The molecular weight excluding hydrogens is 406 g/mol. The number of likely N-dealkylation sites (N-methyl/N-ethyl adjacent to an activating group) is 1. The molecule has 1 aliphatic heterocycles. The third-order valence-electron chi connectivity index (χ3n) is 6.51. The highest BCUT2D eigenvalue weighted by Crippen LogP contribution is 2.24. The Hall–Kier alpha value is -2.44. The minimum absolute atomic E-state index is 0.244. The Morgan fingerprint density at radius 3 is 2.25 bits per heavy atom. The Labute approximate surface area is 191 Å². The van der Waals surface area contributed by atoms with E-state index in [9.17, 15) is 19.8 Å². The van der Waals surface area contributed by atoms with Crippen LogP contribution < -0.4 is 0 Å². The predicted molar refractivity (Wildman–Crippen MR) is 125 cm³/mol. The van der Waals surface area contributed by atoms with Gasteiger partial charge in [0.2, 0.25) is 5.91 Å². The first-order valence-corrected chi connectivity index (χ1v) is 11.3. The number of benzene rings is 1. The van der Waals surface area contributed by atoms with Gasteiger partial charge >= 0.3 is 5.97 Å². The number of aliphatic hydroxyl groups excluding tert-OH is 2. The first kappa shape index (κ1) is 25.8. The minimum Gasteiger partial charge on any atom is -0.461 e. The number of ether oxygens (including phenoxy) is 1. The van der Waals surface area contributed by atoms with Crippen LogP contribution in [-0.2, 0) is 20.7 Å². The Morgan fingerprint density at radius 1 is 1.00 bits per heavy atom. The molecule has 1 aromatic carbocycles. The number of cyclic esters (lactones) is 1. The van der Waals surface area contributed by atoms with E-state index in [1.165, 1.54) is 11.0 Å². The van der Waals surface area contributed by atoms with Crippen LogP contribution in [0.1, 0.15) is 40.2 Å². The Balaban J connectivity index is 2.42.